The number of nitrogens with zero attached hydrogens (tertiary/aromatic N) is 1. The van der Waals surface area contributed by atoms with Crippen LogP contribution in [0.2, 0.25) is 10.0 Å². The molecule has 3 rings (SSSR count). The van der Waals surface area contributed by atoms with Gasteiger partial charge in [-0.1, -0.05) is 41.4 Å². The zero-order valence-corrected chi connectivity index (χ0v) is 17.4. The van der Waals surface area contributed by atoms with Crippen LogP contribution in [0.3, 0.4) is 0 Å². The minimum Gasteiger partial charge on any atom is -0.423 e. The summed E-state index contributed by atoms with van der Waals surface area (Å²) in [7, 11) is 0. The second kappa shape index (κ2) is 10.4. The molecule has 156 valence electrons. The fourth-order valence-electron chi connectivity index (χ4n) is 2.36. The Morgan fingerprint density at radius 3 is 2.32 bits per heavy atom. The molecule has 0 radical (unpaired) electrons. The van der Waals surface area contributed by atoms with Gasteiger partial charge in [-0.2, -0.15) is 5.10 Å². The summed E-state index contributed by atoms with van der Waals surface area (Å²) in [5.41, 5.74) is 3.37. The predicted molar refractivity (Wildman–Crippen MR) is 119 cm³/mol. The molecule has 7 nitrogen and oxygen atoms in total. The minimum atomic E-state index is -0.955. The van der Waals surface area contributed by atoms with Crippen LogP contribution in [-0.4, -0.2) is 24.0 Å². The molecule has 0 heterocycles. The fraction of sp³-hybridized carbons (Fsp3) is 0. The molecule has 9 heteroatoms. The first-order valence-corrected chi connectivity index (χ1v) is 9.65. The third-order valence-electron chi connectivity index (χ3n) is 3.86. The molecule has 0 aliphatic rings. The number of hydrogen-bond donors (Lipinski definition) is 2. The summed E-state index contributed by atoms with van der Waals surface area (Å²) in [5.74, 6) is -2.08. The van der Waals surface area contributed by atoms with Crippen LogP contribution in [0.1, 0.15) is 15.9 Å². The average molecular weight is 456 g/mol. The number of rotatable bonds is 5. The van der Waals surface area contributed by atoms with Crippen LogP contribution in [0.4, 0.5) is 5.69 Å². The fourth-order valence-corrected chi connectivity index (χ4v) is 2.73. The lowest BCUT2D eigenvalue weighted by Crippen LogP contribution is -2.32. The van der Waals surface area contributed by atoms with Crippen molar-refractivity contribution in [2.45, 2.75) is 0 Å². The maximum absolute atomic E-state index is 12.1. The maximum Gasteiger partial charge on any atom is 0.343 e. The molecular weight excluding hydrogens is 441 g/mol. The van der Waals surface area contributed by atoms with Crippen LogP contribution in [0.5, 0.6) is 5.75 Å². The quantitative estimate of drug-likeness (QED) is 0.197. The number of para-hydroxylation sites is 1. The highest BCUT2D eigenvalue weighted by atomic mass is 35.5. The van der Waals surface area contributed by atoms with Crippen LogP contribution in [-0.2, 0) is 9.59 Å². The number of esters is 1. The highest BCUT2D eigenvalue weighted by molar-refractivity contribution is 6.41. The number of ether oxygens (including phenoxy) is 1. The van der Waals surface area contributed by atoms with Gasteiger partial charge < -0.3 is 10.1 Å². The van der Waals surface area contributed by atoms with E-state index in [0.29, 0.717) is 32.6 Å². The Kier molecular flexibility index (Phi) is 7.37. The Balaban J connectivity index is 1.52. The van der Waals surface area contributed by atoms with Crippen molar-refractivity contribution < 1.29 is 19.1 Å². The van der Waals surface area contributed by atoms with Gasteiger partial charge in [0.25, 0.3) is 0 Å². The SMILES string of the molecule is O=C(N/N=C/c1ccc(OC(=O)c2cccc(Cl)c2)cc1)C(=O)Nc1ccccc1Cl. The summed E-state index contributed by atoms with van der Waals surface area (Å²) in [5, 5.41) is 6.86. The van der Waals surface area contributed by atoms with Crippen molar-refractivity contribution in [3.05, 3.63) is 94.0 Å². The second-order valence-corrected chi connectivity index (χ2v) is 6.95. The van der Waals surface area contributed by atoms with Gasteiger partial charge in [0.15, 0.2) is 0 Å². The number of benzene rings is 3. The molecule has 2 amide bonds. The number of anilines is 1. The lowest BCUT2D eigenvalue weighted by atomic mass is 10.2. The van der Waals surface area contributed by atoms with E-state index in [-0.39, 0.29) is 0 Å². The number of hydrogen-bond acceptors (Lipinski definition) is 5. The topological polar surface area (TPSA) is 96.9 Å². The van der Waals surface area contributed by atoms with Crippen LogP contribution < -0.4 is 15.5 Å². The first kappa shape index (κ1) is 22.0. The largest absolute Gasteiger partial charge is 0.423 e. The van der Waals surface area contributed by atoms with Crippen molar-refractivity contribution in [1.82, 2.24) is 5.43 Å². The Morgan fingerprint density at radius 1 is 0.871 bits per heavy atom. The summed E-state index contributed by atoms with van der Waals surface area (Å²) in [4.78, 5) is 35.8. The first-order valence-electron chi connectivity index (χ1n) is 8.89. The average Bonchev–Trinajstić information content (AvgIpc) is 2.76. The molecule has 0 atom stereocenters. The first-order chi connectivity index (χ1) is 14.9. The van der Waals surface area contributed by atoms with Gasteiger partial charge in [0.2, 0.25) is 0 Å². The van der Waals surface area contributed by atoms with E-state index < -0.39 is 17.8 Å². The molecule has 0 spiro atoms. The molecule has 0 unspecified atom stereocenters. The molecule has 0 saturated carbocycles. The van der Waals surface area contributed by atoms with Crippen LogP contribution >= 0.6 is 23.2 Å². The molecular formula is C22H15Cl2N3O4. The number of hydrazone groups is 1. The lowest BCUT2D eigenvalue weighted by Gasteiger charge is -2.05. The molecule has 0 aromatic heterocycles. The molecule has 3 aromatic rings. The van der Waals surface area contributed by atoms with E-state index in [1.165, 1.54) is 12.3 Å². The number of amides is 2. The summed E-state index contributed by atoms with van der Waals surface area (Å²) in [6, 6.07) is 19.3. The number of carbonyl (C=O) groups excluding carboxylic acids is 3. The highest BCUT2D eigenvalue weighted by Gasteiger charge is 2.14. The van der Waals surface area contributed by atoms with E-state index in [9.17, 15) is 14.4 Å². The van der Waals surface area contributed by atoms with Gasteiger partial charge in [0.1, 0.15) is 5.75 Å². The molecule has 3 aromatic carbocycles. The van der Waals surface area contributed by atoms with E-state index in [1.807, 2.05) is 0 Å². The predicted octanol–water partition coefficient (Wildman–Crippen LogP) is 4.30. The van der Waals surface area contributed by atoms with Gasteiger partial charge >= 0.3 is 17.8 Å². The van der Waals surface area contributed by atoms with Gasteiger partial charge in [-0.15, -0.1) is 0 Å². The Labute approximate surface area is 187 Å². The standard InChI is InChI=1S/C22H15Cl2N3O4/c23-16-5-3-4-15(12-16)22(30)31-17-10-8-14(9-11-17)13-25-27-21(29)20(28)26-19-7-2-1-6-18(19)24/h1-13H,(H,26,28)(H,27,29)/b25-13+. The van der Waals surface area contributed by atoms with E-state index in [0.717, 1.165) is 0 Å². The van der Waals surface area contributed by atoms with Gasteiger partial charge in [-0.3, -0.25) is 9.59 Å². The van der Waals surface area contributed by atoms with Gasteiger partial charge in [-0.05, 0) is 60.2 Å². The van der Waals surface area contributed by atoms with Gasteiger partial charge in [-0.25, -0.2) is 10.2 Å². The number of nitrogens with one attached hydrogen (secondary N) is 2. The molecule has 31 heavy (non-hydrogen) atoms. The second-order valence-electron chi connectivity index (χ2n) is 6.10. The van der Waals surface area contributed by atoms with Gasteiger partial charge in [0, 0.05) is 5.02 Å². The molecule has 2 N–H and O–H groups in total. The van der Waals surface area contributed by atoms with Crippen molar-refractivity contribution in [3.63, 3.8) is 0 Å². The normalized spacial score (nSPS) is 10.5. The van der Waals surface area contributed by atoms with E-state index in [4.69, 9.17) is 27.9 Å². The molecule has 0 saturated heterocycles. The van der Waals surface area contributed by atoms with E-state index in [2.05, 4.69) is 15.8 Å². The highest BCUT2D eigenvalue weighted by Crippen LogP contribution is 2.20. The molecule has 0 fully saturated rings. The number of carbonyl (C=O) groups is 3. The molecule has 0 bridgehead atoms. The van der Waals surface area contributed by atoms with Crippen molar-refractivity contribution in [3.8, 4) is 5.75 Å². The molecule has 0 aliphatic heterocycles. The van der Waals surface area contributed by atoms with Crippen molar-refractivity contribution >= 4 is 52.9 Å². The lowest BCUT2D eigenvalue weighted by molar-refractivity contribution is -0.136. The van der Waals surface area contributed by atoms with Crippen LogP contribution in [0.25, 0.3) is 0 Å². The molecule has 0 aliphatic carbocycles. The van der Waals surface area contributed by atoms with Crippen molar-refractivity contribution in [1.29, 1.82) is 0 Å². The monoisotopic (exact) mass is 455 g/mol. The Hall–Kier alpha value is -3.68. The van der Waals surface area contributed by atoms with Gasteiger partial charge in [0.05, 0.1) is 22.5 Å². The third-order valence-corrected chi connectivity index (χ3v) is 4.42. The van der Waals surface area contributed by atoms with Crippen LogP contribution in [0, 0.1) is 0 Å². The summed E-state index contributed by atoms with van der Waals surface area (Å²) in [6.07, 6.45) is 1.34. The van der Waals surface area contributed by atoms with E-state index >= 15 is 0 Å². The Morgan fingerprint density at radius 2 is 1.61 bits per heavy atom. The Bertz CT molecular complexity index is 1150. The summed E-state index contributed by atoms with van der Waals surface area (Å²) >= 11 is 11.8. The van der Waals surface area contributed by atoms with Crippen LogP contribution in [0.15, 0.2) is 77.9 Å². The summed E-state index contributed by atoms with van der Waals surface area (Å²) < 4.78 is 5.28. The zero-order valence-electron chi connectivity index (χ0n) is 15.8. The smallest absolute Gasteiger partial charge is 0.343 e. The van der Waals surface area contributed by atoms with E-state index in [1.54, 1.807) is 66.7 Å². The maximum atomic E-state index is 12.1. The van der Waals surface area contributed by atoms with Crippen molar-refractivity contribution in [2.24, 2.45) is 5.10 Å². The summed E-state index contributed by atoms with van der Waals surface area (Å²) in [6.45, 7) is 0. The third kappa shape index (κ3) is 6.40. The number of halogens is 2. The zero-order chi connectivity index (χ0) is 22.2. The minimum absolute atomic E-state index is 0.309. The van der Waals surface area contributed by atoms with Crippen molar-refractivity contribution in [2.75, 3.05) is 5.32 Å².